The summed E-state index contributed by atoms with van der Waals surface area (Å²) in [6.07, 6.45) is 5.54. The van der Waals surface area contributed by atoms with Crippen molar-refractivity contribution in [2.24, 2.45) is 0 Å². The number of fused-ring (bicyclic) bond motifs is 1. The zero-order valence-electron chi connectivity index (χ0n) is 14.6. The lowest BCUT2D eigenvalue weighted by molar-refractivity contribution is -0.128. The molecule has 134 valence electrons. The maximum atomic E-state index is 11.9. The number of aromatic amines is 1. The van der Waals surface area contributed by atoms with E-state index in [4.69, 9.17) is 4.74 Å². The molecule has 1 aliphatic heterocycles. The van der Waals surface area contributed by atoms with E-state index < -0.39 is 0 Å². The molecule has 1 aromatic carbocycles. The molecule has 6 nitrogen and oxygen atoms in total. The smallest absolute Gasteiger partial charge is 0.222 e. The predicted octanol–water partition coefficient (Wildman–Crippen LogP) is 2.24. The van der Waals surface area contributed by atoms with Gasteiger partial charge >= 0.3 is 0 Å². The summed E-state index contributed by atoms with van der Waals surface area (Å²) in [7, 11) is 1.66. The number of hydrogen-bond donors (Lipinski definition) is 2. The molecule has 1 aliphatic rings. The number of carbonyl (C=O) groups is 2. The predicted molar refractivity (Wildman–Crippen MR) is 96.6 cm³/mol. The van der Waals surface area contributed by atoms with E-state index in [0.29, 0.717) is 25.9 Å². The Morgan fingerprint density at radius 1 is 1.40 bits per heavy atom. The van der Waals surface area contributed by atoms with Gasteiger partial charge in [-0.2, -0.15) is 0 Å². The van der Waals surface area contributed by atoms with Crippen LogP contribution in [0.2, 0.25) is 0 Å². The molecule has 25 heavy (non-hydrogen) atoms. The second-order valence-electron chi connectivity index (χ2n) is 6.41. The zero-order valence-corrected chi connectivity index (χ0v) is 14.6. The van der Waals surface area contributed by atoms with E-state index in [0.717, 1.165) is 48.0 Å². The fraction of sp³-hybridized carbons (Fsp3) is 0.474. The molecule has 0 unspecified atom stereocenters. The van der Waals surface area contributed by atoms with Crippen molar-refractivity contribution >= 4 is 22.7 Å². The van der Waals surface area contributed by atoms with Crippen LogP contribution in [-0.2, 0) is 16.0 Å². The summed E-state index contributed by atoms with van der Waals surface area (Å²) >= 11 is 0. The summed E-state index contributed by atoms with van der Waals surface area (Å²) in [6, 6.07) is 5.93. The largest absolute Gasteiger partial charge is 0.497 e. The summed E-state index contributed by atoms with van der Waals surface area (Å²) in [5.74, 6) is 1.09. The summed E-state index contributed by atoms with van der Waals surface area (Å²) in [5.41, 5.74) is 2.23. The molecule has 0 aliphatic carbocycles. The van der Waals surface area contributed by atoms with Gasteiger partial charge in [0.25, 0.3) is 0 Å². The van der Waals surface area contributed by atoms with Crippen LogP contribution in [0, 0.1) is 0 Å². The topological polar surface area (TPSA) is 74.4 Å². The Labute approximate surface area is 147 Å². The van der Waals surface area contributed by atoms with E-state index in [-0.39, 0.29) is 11.8 Å². The van der Waals surface area contributed by atoms with E-state index in [9.17, 15) is 9.59 Å². The third-order valence-corrected chi connectivity index (χ3v) is 4.69. The number of H-pyrrole nitrogens is 1. The second-order valence-corrected chi connectivity index (χ2v) is 6.41. The monoisotopic (exact) mass is 343 g/mol. The summed E-state index contributed by atoms with van der Waals surface area (Å²) in [6.45, 7) is 2.13. The average molecular weight is 343 g/mol. The van der Waals surface area contributed by atoms with E-state index >= 15 is 0 Å². The molecule has 2 heterocycles. The van der Waals surface area contributed by atoms with Crippen molar-refractivity contribution in [2.75, 3.05) is 26.7 Å². The van der Waals surface area contributed by atoms with Crippen LogP contribution in [0.5, 0.6) is 5.75 Å². The van der Waals surface area contributed by atoms with E-state index in [1.54, 1.807) is 7.11 Å². The highest BCUT2D eigenvalue weighted by Gasteiger charge is 2.19. The fourth-order valence-electron chi connectivity index (χ4n) is 3.29. The van der Waals surface area contributed by atoms with E-state index in [1.165, 1.54) is 0 Å². The number of hydrogen-bond acceptors (Lipinski definition) is 3. The molecular formula is C19H25N3O3. The summed E-state index contributed by atoms with van der Waals surface area (Å²) < 4.78 is 5.27. The van der Waals surface area contributed by atoms with E-state index in [2.05, 4.69) is 10.3 Å². The first-order chi connectivity index (χ1) is 12.2. The molecule has 0 atom stereocenters. The summed E-state index contributed by atoms with van der Waals surface area (Å²) in [4.78, 5) is 28.6. The van der Waals surface area contributed by atoms with Crippen LogP contribution in [0.25, 0.3) is 10.9 Å². The van der Waals surface area contributed by atoms with Crippen LogP contribution in [0.3, 0.4) is 0 Å². The molecule has 0 spiro atoms. The average Bonchev–Trinajstić information content (AvgIpc) is 3.21. The minimum absolute atomic E-state index is 0.0454. The first-order valence-electron chi connectivity index (χ1n) is 8.86. The van der Waals surface area contributed by atoms with Gasteiger partial charge in [-0.1, -0.05) is 0 Å². The Kier molecular flexibility index (Phi) is 5.58. The van der Waals surface area contributed by atoms with Crippen molar-refractivity contribution < 1.29 is 14.3 Å². The number of likely N-dealkylation sites (tertiary alicyclic amines) is 1. The third-order valence-electron chi connectivity index (χ3n) is 4.69. The van der Waals surface area contributed by atoms with Gasteiger partial charge in [-0.15, -0.1) is 0 Å². The first kappa shape index (κ1) is 17.3. The number of aromatic nitrogens is 1. The maximum absolute atomic E-state index is 11.9. The number of benzene rings is 1. The molecular weight excluding hydrogens is 318 g/mol. The lowest BCUT2D eigenvalue weighted by atomic mass is 10.1. The standard InChI is InChI=1S/C19H25N3O3/c1-25-15-6-7-17-16(12-15)14(13-21-17)8-9-20-18(23)4-2-10-22-11-3-5-19(22)24/h6-7,12-13,21H,2-5,8-11H2,1H3,(H,20,23). The number of amides is 2. The molecule has 1 saturated heterocycles. The van der Waals surface area contributed by atoms with Crippen molar-refractivity contribution in [1.82, 2.24) is 15.2 Å². The number of methoxy groups -OCH3 is 1. The fourth-order valence-corrected chi connectivity index (χ4v) is 3.29. The SMILES string of the molecule is COc1ccc2[nH]cc(CCNC(=O)CCCN3CCCC3=O)c2c1. The van der Waals surface area contributed by atoms with Crippen LogP contribution in [0.4, 0.5) is 0 Å². The van der Waals surface area contributed by atoms with Gasteiger partial charge in [-0.3, -0.25) is 9.59 Å². The first-order valence-corrected chi connectivity index (χ1v) is 8.86. The van der Waals surface area contributed by atoms with Gasteiger partial charge in [0.1, 0.15) is 5.75 Å². The zero-order chi connectivity index (χ0) is 17.6. The van der Waals surface area contributed by atoms with Gasteiger partial charge in [0, 0.05) is 49.6 Å². The van der Waals surface area contributed by atoms with Crippen molar-refractivity contribution in [3.8, 4) is 5.75 Å². The molecule has 0 radical (unpaired) electrons. The lowest BCUT2D eigenvalue weighted by Gasteiger charge is -2.14. The Hall–Kier alpha value is -2.50. The van der Waals surface area contributed by atoms with Crippen molar-refractivity contribution in [3.05, 3.63) is 30.0 Å². The molecule has 1 fully saturated rings. The number of nitrogens with zero attached hydrogens (tertiary/aromatic N) is 1. The number of ether oxygens (including phenoxy) is 1. The third kappa shape index (κ3) is 4.32. The Morgan fingerprint density at radius 2 is 2.28 bits per heavy atom. The Bertz CT molecular complexity index is 753. The van der Waals surface area contributed by atoms with Crippen LogP contribution in [0.1, 0.15) is 31.2 Å². The highest BCUT2D eigenvalue weighted by atomic mass is 16.5. The minimum atomic E-state index is 0.0454. The van der Waals surface area contributed by atoms with E-state index in [1.807, 2.05) is 29.3 Å². The molecule has 2 aromatic rings. The van der Waals surface area contributed by atoms with Gasteiger partial charge < -0.3 is 19.9 Å². The Balaban J connectivity index is 1.41. The van der Waals surface area contributed by atoms with Crippen molar-refractivity contribution in [1.29, 1.82) is 0 Å². The summed E-state index contributed by atoms with van der Waals surface area (Å²) in [5, 5.41) is 4.09. The molecule has 0 bridgehead atoms. The van der Waals surface area contributed by atoms with Crippen LogP contribution in [0.15, 0.2) is 24.4 Å². The van der Waals surface area contributed by atoms with Gasteiger partial charge in [0.15, 0.2) is 0 Å². The number of nitrogens with one attached hydrogen (secondary N) is 2. The molecule has 2 amide bonds. The number of carbonyl (C=O) groups excluding carboxylic acids is 2. The quantitative estimate of drug-likeness (QED) is 0.772. The molecule has 3 rings (SSSR count). The second kappa shape index (κ2) is 8.05. The highest BCUT2D eigenvalue weighted by Crippen LogP contribution is 2.23. The van der Waals surface area contributed by atoms with Crippen LogP contribution in [-0.4, -0.2) is 48.4 Å². The molecule has 6 heteroatoms. The lowest BCUT2D eigenvalue weighted by Crippen LogP contribution is -2.29. The van der Waals surface area contributed by atoms with Gasteiger partial charge in [-0.25, -0.2) is 0 Å². The normalized spacial score (nSPS) is 14.3. The highest BCUT2D eigenvalue weighted by molar-refractivity contribution is 5.84. The van der Waals surface area contributed by atoms with Crippen molar-refractivity contribution in [2.45, 2.75) is 32.1 Å². The van der Waals surface area contributed by atoms with Crippen LogP contribution < -0.4 is 10.1 Å². The minimum Gasteiger partial charge on any atom is -0.497 e. The molecule has 0 saturated carbocycles. The van der Waals surface area contributed by atoms with Gasteiger partial charge in [-0.05, 0) is 43.0 Å². The van der Waals surface area contributed by atoms with Crippen LogP contribution >= 0.6 is 0 Å². The number of rotatable bonds is 8. The molecule has 1 aromatic heterocycles. The maximum Gasteiger partial charge on any atom is 0.222 e. The van der Waals surface area contributed by atoms with Crippen molar-refractivity contribution in [3.63, 3.8) is 0 Å². The Morgan fingerprint density at radius 3 is 3.04 bits per heavy atom. The molecule has 2 N–H and O–H groups in total. The van der Waals surface area contributed by atoms with Gasteiger partial charge in [0.2, 0.25) is 11.8 Å². The van der Waals surface area contributed by atoms with Gasteiger partial charge in [0.05, 0.1) is 7.11 Å².